The van der Waals surface area contributed by atoms with Crippen LogP contribution in [0.1, 0.15) is 37.7 Å². The Morgan fingerprint density at radius 1 is 1.00 bits per heavy atom. The number of Topliss-reactive ketones (excluding diaryl/α,β-unsaturated/α-hetero) is 1. The maximum Gasteiger partial charge on any atom is 0.130 e. The van der Waals surface area contributed by atoms with Crippen LogP contribution in [0.15, 0.2) is 65.6 Å². The van der Waals surface area contributed by atoms with Crippen molar-refractivity contribution in [3.63, 3.8) is 0 Å². The fourth-order valence-electron chi connectivity index (χ4n) is 3.83. The summed E-state index contributed by atoms with van der Waals surface area (Å²) in [5, 5.41) is 0. The second kappa shape index (κ2) is 7.83. The standard InChI is InChI=1S/C21H24OS/c1-16(22)14-21-18(15-23-19-10-6-3-7-11-19)12-13-20(21)17-8-4-2-5-9-17/h2-11,18,20-21H,12-15H2,1H3/t18-,20-,21+/m1/s1. The minimum Gasteiger partial charge on any atom is -0.300 e. The summed E-state index contributed by atoms with van der Waals surface area (Å²) in [6.07, 6.45) is 3.17. The molecular weight excluding hydrogens is 300 g/mol. The molecule has 0 spiro atoms. The molecule has 3 rings (SSSR count). The van der Waals surface area contributed by atoms with Crippen molar-refractivity contribution in [3.05, 3.63) is 66.2 Å². The third-order valence-corrected chi connectivity index (χ3v) is 6.13. The molecule has 1 fully saturated rings. The van der Waals surface area contributed by atoms with E-state index in [1.807, 2.05) is 11.8 Å². The predicted octanol–water partition coefficient (Wildman–Crippen LogP) is 5.57. The van der Waals surface area contributed by atoms with E-state index in [1.54, 1.807) is 6.92 Å². The number of hydrogen-bond acceptors (Lipinski definition) is 2. The van der Waals surface area contributed by atoms with Crippen LogP contribution in [0.3, 0.4) is 0 Å². The topological polar surface area (TPSA) is 17.1 Å². The average Bonchev–Trinajstić information content (AvgIpc) is 2.97. The molecule has 2 aromatic rings. The van der Waals surface area contributed by atoms with Gasteiger partial charge in [-0.1, -0.05) is 48.5 Å². The lowest BCUT2D eigenvalue weighted by Gasteiger charge is -2.24. The molecule has 2 heteroatoms. The van der Waals surface area contributed by atoms with Crippen LogP contribution in [0.25, 0.3) is 0 Å². The molecule has 1 aliphatic carbocycles. The molecule has 0 saturated heterocycles. The molecule has 0 unspecified atom stereocenters. The summed E-state index contributed by atoms with van der Waals surface area (Å²) in [5.74, 6) is 3.11. The molecule has 0 N–H and O–H groups in total. The zero-order chi connectivity index (χ0) is 16.1. The van der Waals surface area contributed by atoms with Gasteiger partial charge in [-0.3, -0.25) is 0 Å². The van der Waals surface area contributed by atoms with Crippen LogP contribution >= 0.6 is 11.8 Å². The van der Waals surface area contributed by atoms with Gasteiger partial charge in [0.25, 0.3) is 0 Å². The van der Waals surface area contributed by atoms with Gasteiger partial charge >= 0.3 is 0 Å². The summed E-state index contributed by atoms with van der Waals surface area (Å²) in [7, 11) is 0. The van der Waals surface area contributed by atoms with Crippen LogP contribution in [-0.2, 0) is 4.79 Å². The number of thioether (sulfide) groups is 1. The number of ketones is 1. The highest BCUT2D eigenvalue weighted by atomic mass is 32.2. The molecule has 120 valence electrons. The van der Waals surface area contributed by atoms with Gasteiger partial charge < -0.3 is 4.79 Å². The van der Waals surface area contributed by atoms with E-state index >= 15 is 0 Å². The van der Waals surface area contributed by atoms with E-state index in [1.165, 1.54) is 23.3 Å². The molecule has 1 nitrogen and oxygen atoms in total. The number of carbonyl (C=O) groups is 1. The van der Waals surface area contributed by atoms with Crippen LogP contribution in [-0.4, -0.2) is 11.5 Å². The highest BCUT2D eigenvalue weighted by molar-refractivity contribution is 7.99. The number of rotatable bonds is 6. The molecule has 0 heterocycles. The summed E-state index contributed by atoms with van der Waals surface area (Å²) < 4.78 is 0. The van der Waals surface area contributed by atoms with Gasteiger partial charge in [-0.2, -0.15) is 0 Å². The van der Waals surface area contributed by atoms with E-state index in [-0.39, 0.29) is 0 Å². The van der Waals surface area contributed by atoms with Crippen LogP contribution < -0.4 is 0 Å². The summed E-state index contributed by atoms with van der Waals surface area (Å²) in [6, 6.07) is 21.4. The van der Waals surface area contributed by atoms with E-state index in [0.717, 1.165) is 12.2 Å². The monoisotopic (exact) mass is 324 g/mol. The number of benzene rings is 2. The summed E-state index contributed by atoms with van der Waals surface area (Å²) >= 11 is 1.93. The third-order valence-electron chi connectivity index (χ3n) is 4.93. The summed E-state index contributed by atoms with van der Waals surface area (Å²) in [6.45, 7) is 1.74. The van der Waals surface area contributed by atoms with Gasteiger partial charge in [0.1, 0.15) is 5.78 Å². The first kappa shape index (κ1) is 16.3. The molecular formula is C21H24OS. The van der Waals surface area contributed by atoms with Crippen molar-refractivity contribution in [1.82, 2.24) is 0 Å². The Kier molecular flexibility index (Phi) is 5.56. The summed E-state index contributed by atoms with van der Waals surface area (Å²) in [5.41, 5.74) is 1.41. The van der Waals surface area contributed by atoms with Crippen LogP contribution in [0, 0.1) is 11.8 Å². The zero-order valence-corrected chi connectivity index (χ0v) is 14.5. The number of hydrogen-bond donors (Lipinski definition) is 0. The van der Waals surface area contributed by atoms with Crippen LogP contribution in [0.2, 0.25) is 0 Å². The number of carbonyl (C=O) groups excluding carboxylic acids is 1. The van der Waals surface area contributed by atoms with Gasteiger partial charge in [0.05, 0.1) is 0 Å². The van der Waals surface area contributed by atoms with Crippen molar-refractivity contribution in [3.8, 4) is 0 Å². The smallest absolute Gasteiger partial charge is 0.130 e. The molecule has 0 aliphatic heterocycles. The Morgan fingerprint density at radius 3 is 2.30 bits per heavy atom. The van der Waals surface area contributed by atoms with E-state index in [2.05, 4.69) is 60.7 Å². The molecule has 2 aromatic carbocycles. The quantitative estimate of drug-likeness (QED) is 0.646. The SMILES string of the molecule is CC(=O)C[C@H]1[C@@H](CSc2ccccc2)CC[C@@H]1c1ccccc1. The molecule has 3 atom stereocenters. The summed E-state index contributed by atoms with van der Waals surface area (Å²) in [4.78, 5) is 13.1. The van der Waals surface area contributed by atoms with Gasteiger partial charge in [0, 0.05) is 17.1 Å². The van der Waals surface area contributed by atoms with Crippen molar-refractivity contribution < 1.29 is 4.79 Å². The Bertz CT molecular complexity index is 623. The fourth-order valence-corrected chi connectivity index (χ4v) is 5.00. The van der Waals surface area contributed by atoms with Crippen molar-refractivity contribution >= 4 is 17.5 Å². The second-order valence-electron chi connectivity index (χ2n) is 6.55. The predicted molar refractivity (Wildman–Crippen MR) is 97.9 cm³/mol. The largest absolute Gasteiger partial charge is 0.300 e. The van der Waals surface area contributed by atoms with E-state index in [0.29, 0.717) is 23.5 Å². The average molecular weight is 324 g/mol. The van der Waals surface area contributed by atoms with Crippen molar-refractivity contribution in [2.45, 2.75) is 37.0 Å². The Labute approximate surface area is 143 Å². The van der Waals surface area contributed by atoms with Gasteiger partial charge in [0.15, 0.2) is 0 Å². The first-order chi connectivity index (χ1) is 11.2. The maximum atomic E-state index is 11.8. The van der Waals surface area contributed by atoms with E-state index in [4.69, 9.17) is 0 Å². The molecule has 1 saturated carbocycles. The molecule has 0 radical (unpaired) electrons. The normalized spacial score (nSPS) is 23.8. The lowest BCUT2D eigenvalue weighted by molar-refractivity contribution is -0.118. The van der Waals surface area contributed by atoms with Gasteiger partial charge in [0.2, 0.25) is 0 Å². The Hall–Kier alpha value is -1.54. The van der Waals surface area contributed by atoms with Gasteiger partial charge in [-0.15, -0.1) is 11.8 Å². The highest BCUT2D eigenvalue weighted by Crippen LogP contribution is 2.47. The van der Waals surface area contributed by atoms with Gasteiger partial charge in [-0.25, -0.2) is 0 Å². The molecule has 0 amide bonds. The molecule has 0 aromatic heterocycles. The fraction of sp³-hybridized carbons (Fsp3) is 0.381. The van der Waals surface area contributed by atoms with E-state index in [9.17, 15) is 4.79 Å². The van der Waals surface area contributed by atoms with E-state index < -0.39 is 0 Å². The maximum absolute atomic E-state index is 11.8. The highest BCUT2D eigenvalue weighted by Gasteiger charge is 2.37. The van der Waals surface area contributed by atoms with Gasteiger partial charge in [-0.05, 0) is 55.2 Å². The molecule has 0 bridgehead atoms. The first-order valence-corrected chi connectivity index (χ1v) is 9.45. The van der Waals surface area contributed by atoms with Crippen LogP contribution in [0.5, 0.6) is 0 Å². The Balaban J connectivity index is 1.71. The minimum atomic E-state index is 0.326. The van der Waals surface area contributed by atoms with Crippen molar-refractivity contribution in [1.29, 1.82) is 0 Å². The minimum absolute atomic E-state index is 0.326. The van der Waals surface area contributed by atoms with Crippen LogP contribution in [0.4, 0.5) is 0 Å². The molecule has 1 aliphatic rings. The Morgan fingerprint density at radius 2 is 1.65 bits per heavy atom. The lowest BCUT2D eigenvalue weighted by Crippen LogP contribution is -2.18. The molecule has 23 heavy (non-hydrogen) atoms. The first-order valence-electron chi connectivity index (χ1n) is 8.46. The second-order valence-corrected chi connectivity index (χ2v) is 7.64. The zero-order valence-electron chi connectivity index (χ0n) is 13.7. The lowest BCUT2D eigenvalue weighted by atomic mass is 9.82. The third kappa shape index (κ3) is 4.26. The van der Waals surface area contributed by atoms with Crippen molar-refractivity contribution in [2.24, 2.45) is 11.8 Å². The van der Waals surface area contributed by atoms with Crippen molar-refractivity contribution in [2.75, 3.05) is 5.75 Å².